The number of benzene rings is 4. The first-order valence-electron chi connectivity index (χ1n) is 18.8. The van der Waals surface area contributed by atoms with Crippen molar-refractivity contribution < 1.29 is 19.7 Å². The van der Waals surface area contributed by atoms with Crippen LogP contribution in [0.25, 0.3) is 44.6 Å². The number of fused-ring (bicyclic) bond motifs is 2. The Balaban J connectivity index is 0.000000174. The van der Waals surface area contributed by atoms with E-state index in [9.17, 15) is 15.0 Å². The van der Waals surface area contributed by atoms with Crippen molar-refractivity contribution in [1.29, 1.82) is 0 Å². The third kappa shape index (κ3) is 8.54. The number of aryl methyl sites for hydroxylation is 2. The Labute approximate surface area is 321 Å². The number of anilines is 2. The number of nitrogens with one attached hydrogen (secondary N) is 1. The highest BCUT2D eigenvalue weighted by Gasteiger charge is 2.28. The highest BCUT2D eigenvalue weighted by atomic mass is 16.5. The Bertz CT molecular complexity index is 2330. The van der Waals surface area contributed by atoms with E-state index in [1.54, 1.807) is 24.3 Å². The lowest BCUT2D eigenvalue weighted by atomic mass is 10.1. The Hall–Kier alpha value is -6.01. The number of hydrogen-bond acceptors (Lipinski definition) is 11. The van der Waals surface area contributed by atoms with Crippen LogP contribution in [-0.2, 0) is 4.74 Å². The first-order valence-corrected chi connectivity index (χ1v) is 18.8. The average molecular weight is 741 g/mol. The largest absolute Gasteiger partial charge is 0.507 e. The van der Waals surface area contributed by atoms with Crippen LogP contribution in [0.3, 0.4) is 0 Å². The van der Waals surface area contributed by atoms with Gasteiger partial charge < -0.3 is 35.8 Å². The topological polar surface area (TPSA) is 163 Å². The summed E-state index contributed by atoms with van der Waals surface area (Å²) in [6, 6.07) is 26.7. The molecule has 0 saturated carbocycles. The number of hydrogen-bond donors (Lipinski definition) is 4. The second-order valence-corrected chi connectivity index (χ2v) is 14.9. The maximum Gasteiger partial charge on any atom is 0.407 e. The molecule has 0 aliphatic carbocycles. The zero-order valence-corrected chi connectivity index (χ0v) is 31.7. The summed E-state index contributed by atoms with van der Waals surface area (Å²) in [5.41, 5.74) is 11.3. The van der Waals surface area contributed by atoms with Crippen LogP contribution in [0.4, 0.5) is 16.4 Å². The summed E-state index contributed by atoms with van der Waals surface area (Å²) >= 11 is 0. The van der Waals surface area contributed by atoms with Crippen molar-refractivity contribution in [1.82, 2.24) is 25.3 Å². The molecule has 284 valence electrons. The lowest BCUT2D eigenvalue weighted by Gasteiger charge is -2.21. The smallest absolute Gasteiger partial charge is 0.407 e. The molecule has 2 aliphatic rings. The predicted octanol–water partition coefficient (Wildman–Crippen LogP) is 7.12. The number of aromatic nitrogens is 4. The molecule has 2 aromatic heterocycles. The molecule has 12 nitrogen and oxygen atoms in total. The number of carbonyl (C=O) groups excluding carboxylic acids is 1. The van der Waals surface area contributed by atoms with Crippen molar-refractivity contribution in [2.24, 2.45) is 11.7 Å². The normalized spacial score (nSPS) is 16.8. The number of carbonyl (C=O) groups is 1. The van der Waals surface area contributed by atoms with Gasteiger partial charge in [-0.2, -0.15) is 0 Å². The minimum absolute atomic E-state index is 0.0105. The summed E-state index contributed by atoms with van der Waals surface area (Å²) in [7, 11) is 0. The fraction of sp³-hybridized carbons (Fsp3) is 0.326. The van der Waals surface area contributed by atoms with Crippen molar-refractivity contribution in [2.45, 2.75) is 52.6 Å². The fourth-order valence-corrected chi connectivity index (χ4v) is 7.00. The first kappa shape index (κ1) is 37.3. The summed E-state index contributed by atoms with van der Waals surface area (Å²) in [6.45, 7) is 11.6. The van der Waals surface area contributed by atoms with Crippen LogP contribution >= 0.6 is 0 Å². The van der Waals surface area contributed by atoms with E-state index in [1.165, 1.54) is 0 Å². The van der Waals surface area contributed by atoms with Gasteiger partial charge in [-0.15, -0.1) is 0 Å². The van der Waals surface area contributed by atoms with Crippen molar-refractivity contribution in [2.75, 3.05) is 42.6 Å². The second kappa shape index (κ2) is 16.2. The highest BCUT2D eigenvalue weighted by Crippen LogP contribution is 2.35. The standard InChI is InChI=1S/C24H28N4O3.C19H20N4O/c1-15(2)14-31-24(30)25-17-10-11-28(13-17)23-18-9-8-16(3)12-20(18)26-22(27-23)19-6-4-5-7-21(19)29;1-12-6-7-14-16(10-12)21-18(15-4-2-3-5-17(15)24)22-19(14)23-9-8-13(20)11-23/h4-9,12,15,17,29H,10-11,13-14H2,1-3H3,(H,25,30);2-7,10,13,24H,8-9,11,20H2,1H3/t17-;13-/m00/s1. The molecule has 2 atom stereocenters. The van der Waals surface area contributed by atoms with Gasteiger partial charge in [0.1, 0.15) is 23.1 Å². The minimum Gasteiger partial charge on any atom is -0.507 e. The Morgan fingerprint density at radius 3 is 1.76 bits per heavy atom. The van der Waals surface area contributed by atoms with E-state index >= 15 is 0 Å². The molecule has 0 bridgehead atoms. The van der Waals surface area contributed by atoms with Crippen LogP contribution in [-0.4, -0.2) is 81.1 Å². The van der Waals surface area contributed by atoms with Crippen LogP contribution < -0.4 is 20.9 Å². The third-order valence-corrected chi connectivity index (χ3v) is 9.84. The zero-order valence-electron chi connectivity index (χ0n) is 31.7. The molecule has 6 aromatic rings. The number of amides is 1. The number of aromatic hydroxyl groups is 2. The van der Waals surface area contributed by atoms with Gasteiger partial charge in [0, 0.05) is 43.0 Å². The maximum absolute atomic E-state index is 12.1. The number of nitrogens with two attached hydrogens (primary N) is 1. The van der Waals surface area contributed by atoms with E-state index in [0.717, 1.165) is 77.0 Å². The van der Waals surface area contributed by atoms with Gasteiger partial charge in [0.15, 0.2) is 11.6 Å². The first-order chi connectivity index (χ1) is 26.5. The number of ether oxygens (including phenoxy) is 1. The average Bonchev–Trinajstić information content (AvgIpc) is 3.82. The summed E-state index contributed by atoms with van der Waals surface area (Å²) in [5.74, 6) is 3.37. The van der Waals surface area contributed by atoms with E-state index in [4.69, 9.17) is 25.4 Å². The molecule has 5 N–H and O–H groups in total. The fourth-order valence-electron chi connectivity index (χ4n) is 7.00. The third-order valence-electron chi connectivity index (χ3n) is 9.84. The van der Waals surface area contributed by atoms with E-state index in [-0.39, 0.29) is 29.7 Å². The summed E-state index contributed by atoms with van der Waals surface area (Å²) in [5, 5.41) is 25.4. The van der Waals surface area contributed by atoms with Gasteiger partial charge in [-0.25, -0.2) is 24.7 Å². The number of phenolic OH excluding ortho intramolecular Hbond substituents is 2. The van der Waals surface area contributed by atoms with Crippen LogP contribution in [0.1, 0.15) is 37.8 Å². The number of alkyl carbamates (subject to hydrolysis) is 1. The number of para-hydroxylation sites is 2. The van der Waals surface area contributed by atoms with E-state index in [1.807, 2.05) is 70.2 Å². The quantitative estimate of drug-likeness (QED) is 0.132. The molecule has 1 amide bonds. The Kier molecular flexibility index (Phi) is 11.0. The molecule has 0 spiro atoms. The van der Waals surface area contributed by atoms with Crippen LogP contribution in [0, 0.1) is 19.8 Å². The number of nitrogens with zero attached hydrogens (tertiary/aromatic N) is 6. The molecule has 8 rings (SSSR count). The van der Waals surface area contributed by atoms with E-state index < -0.39 is 0 Å². The van der Waals surface area contributed by atoms with Gasteiger partial charge in [0.05, 0.1) is 34.8 Å². The molecule has 4 aromatic carbocycles. The van der Waals surface area contributed by atoms with Crippen LogP contribution in [0.2, 0.25) is 0 Å². The summed E-state index contributed by atoms with van der Waals surface area (Å²) in [6.07, 6.45) is 1.39. The van der Waals surface area contributed by atoms with E-state index in [0.29, 0.717) is 41.8 Å². The lowest BCUT2D eigenvalue weighted by molar-refractivity contribution is 0.130. The van der Waals surface area contributed by atoms with Gasteiger partial charge in [-0.05, 0) is 92.3 Å². The van der Waals surface area contributed by atoms with Crippen molar-refractivity contribution >= 4 is 39.5 Å². The lowest BCUT2D eigenvalue weighted by Crippen LogP contribution is -2.38. The summed E-state index contributed by atoms with van der Waals surface area (Å²) < 4.78 is 5.26. The molecular formula is C43H48N8O4. The Morgan fingerprint density at radius 2 is 1.27 bits per heavy atom. The van der Waals surface area contributed by atoms with Crippen molar-refractivity contribution in [3.8, 4) is 34.3 Å². The molecule has 55 heavy (non-hydrogen) atoms. The molecule has 2 fully saturated rings. The SMILES string of the molecule is Cc1ccc2c(N3CC[C@H](N)C3)nc(-c3ccccc3O)nc2c1.Cc1ccc2c(N3CC[C@H](NC(=O)OCC(C)C)C3)nc(-c3ccccc3O)nc2c1. The molecule has 2 saturated heterocycles. The molecule has 0 radical (unpaired) electrons. The van der Waals surface area contributed by atoms with E-state index in [2.05, 4.69) is 38.3 Å². The van der Waals surface area contributed by atoms with Crippen molar-refractivity contribution in [3.05, 3.63) is 96.1 Å². The van der Waals surface area contributed by atoms with Gasteiger partial charge in [0.2, 0.25) is 0 Å². The molecule has 4 heterocycles. The van der Waals surface area contributed by atoms with Gasteiger partial charge >= 0.3 is 6.09 Å². The highest BCUT2D eigenvalue weighted by molar-refractivity contribution is 5.93. The van der Waals surface area contributed by atoms with Gasteiger partial charge in [-0.1, -0.05) is 50.2 Å². The molecule has 12 heteroatoms. The van der Waals surface area contributed by atoms with Crippen molar-refractivity contribution in [3.63, 3.8) is 0 Å². The molecule has 2 aliphatic heterocycles. The minimum atomic E-state index is -0.376. The Morgan fingerprint density at radius 1 is 0.764 bits per heavy atom. The predicted molar refractivity (Wildman–Crippen MR) is 217 cm³/mol. The summed E-state index contributed by atoms with van der Waals surface area (Å²) in [4.78, 5) is 35.5. The maximum atomic E-state index is 12.1. The van der Waals surface area contributed by atoms with Crippen LogP contribution in [0.5, 0.6) is 11.5 Å². The zero-order chi connectivity index (χ0) is 38.6. The van der Waals surface area contributed by atoms with Gasteiger partial charge in [0.25, 0.3) is 0 Å². The second-order valence-electron chi connectivity index (χ2n) is 14.9. The number of rotatable bonds is 7. The van der Waals surface area contributed by atoms with Gasteiger partial charge in [-0.3, -0.25) is 0 Å². The van der Waals surface area contributed by atoms with Crippen LogP contribution in [0.15, 0.2) is 84.9 Å². The monoisotopic (exact) mass is 740 g/mol. The molecular weight excluding hydrogens is 693 g/mol. The number of phenols is 2. The molecule has 0 unspecified atom stereocenters.